The van der Waals surface area contributed by atoms with Gasteiger partial charge in [-0.15, -0.1) is 0 Å². The topological polar surface area (TPSA) is 55.8 Å². The molecule has 1 amide bonds. The van der Waals surface area contributed by atoms with Crippen LogP contribution in [0.15, 0.2) is 84.9 Å². The van der Waals surface area contributed by atoms with Gasteiger partial charge in [0.05, 0.1) is 16.7 Å². The molecule has 4 rings (SSSR count). The molecule has 0 bridgehead atoms. The molecular weight excluding hydrogens is 515 g/mol. The molecule has 0 spiro atoms. The zero-order chi connectivity index (χ0) is 29.0. The molecule has 0 aromatic heterocycles. The lowest BCUT2D eigenvalue weighted by Gasteiger charge is -2.51. The average molecular weight is 554 g/mol. The van der Waals surface area contributed by atoms with Gasteiger partial charge in [-0.25, -0.2) is 0 Å². The monoisotopic (exact) mass is 553 g/mol. The Morgan fingerprint density at radius 2 is 1.40 bits per heavy atom. The number of hydrogen-bond acceptors (Lipinski definition) is 4. The second kappa shape index (κ2) is 12.1. The number of amides is 1. The zero-order valence-corrected chi connectivity index (χ0v) is 23.3. The summed E-state index contributed by atoms with van der Waals surface area (Å²) in [7, 11) is 3.47. The van der Waals surface area contributed by atoms with Gasteiger partial charge in [0.2, 0.25) is 0 Å². The van der Waals surface area contributed by atoms with Crippen LogP contribution in [0.25, 0.3) is 0 Å². The first kappa shape index (κ1) is 29.8. The summed E-state index contributed by atoms with van der Waals surface area (Å²) in [5.41, 5.74) is -1.16. The van der Waals surface area contributed by atoms with Crippen molar-refractivity contribution in [2.24, 2.45) is 0 Å². The first-order valence-corrected chi connectivity index (χ1v) is 13.7. The van der Waals surface area contributed by atoms with E-state index >= 15 is 0 Å². The Morgan fingerprint density at radius 3 is 1.90 bits per heavy atom. The van der Waals surface area contributed by atoms with Crippen LogP contribution in [0.3, 0.4) is 0 Å². The predicted octanol–water partition coefficient (Wildman–Crippen LogP) is 5.89. The summed E-state index contributed by atoms with van der Waals surface area (Å²) in [5.74, 6) is -0.687. The molecule has 2 atom stereocenters. The maximum Gasteiger partial charge on any atom is 0.416 e. The largest absolute Gasteiger partial charge is 0.416 e. The molecule has 8 heteroatoms. The van der Waals surface area contributed by atoms with E-state index in [9.17, 15) is 23.1 Å². The van der Waals surface area contributed by atoms with Crippen LogP contribution < -0.4 is 5.32 Å². The first-order chi connectivity index (χ1) is 18.9. The van der Waals surface area contributed by atoms with Crippen LogP contribution in [-0.4, -0.2) is 59.8 Å². The molecule has 1 heterocycles. The molecule has 40 heavy (non-hydrogen) atoms. The minimum atomic E-state index is -4.57. The van der Waals surface area contributed by atoms with Crippen LogP contribution in [0.1, 0.15) is 59.7 Å². The Balaban J connectivity index is 1.76. The van der Waals surface area contributed by atoms with E-state index in [0.717, 1.165) is 55.6 Å². The standard InChI is InChI=1S/C32H38F3N3O2/c1-30(40,29(37(2)3)36-28(39)24-14-13-19-27(22-24)32(33,34)35)23-31(25-15-7-4-8-16-25,26-17-9-5-10-18-26)38-20-11-6-12-21-38/h4-5,7-10,13-19,22,29,40H,6,11-12,20-21,23H2,1-3H3,(H,36,39). The Kier molecular flexibility index (Phi) is 9.02. The number of nitrogens with one attached hydrogen (secondary N) is 1. The molecule has 0 aliphatic carbocycles. The predicted molar refractivity (Wildman–Crippen MR) is 151 cm³/mol. The molecule has 2 unspecified atom stereocenters. The molecule has 3 aromatic rings. The SMILES string of the molecule is CN(C)C(NC(=O)c1cccc(C(F)(F)F)c1)C(C)(O)CC(c1ccccc1)(c1ccccc1)N1CCCCC1. The fourth-order valence-electron chi connectivity index (χ4n) is 6.05. The van der Waals surface area contributed by atoms with E-state index in [1.807, 2.05) is 36.4 Å². The Bertz CT molecular complexity index is 1220. The summed E-state index contributed by atoms with van der Waals surface area (Å²) in [6.07, 6.45) is -2.02. The number of piperidine rings is 1. The first-order valence-electron chi connectivity index (χ1n) is 13.7. The van der Waals surface area contributed by atoms with Gasteiger partial charge in [0.1, 0.15) is 6.17 Å². The van der Waals surface area contributed by atoms with Crippen molar-refractivity contribution in [3.63, 3.8) is 0 Å². The van der Waals surface area contributed by atoms with Crippen molar-refractivity contribution >= 4 is 5.91 Å². The number of benzene rings is 3. The average Bonchev–Trinajstić information content (AvgIpc) is 2.95. The number of rotatable bonds is 9. The summed E-state index contributed by atoms with van der Waals surface area (Å²) in [5, 5.41) is 15.1. The number of likely N-dealkylation sites (N-methyl/N-ethyl adjacent to an activating group) is 1. The van der Waals surface area contributed by atoms with Crippen LogP contribution in [0.2, 0.25) is 0 Å². The number of likely N-dealkylation sites (tertiary alicyclic amines) is 1. The second-order valence-electron chi connectivity index (χ2n) is 11.1. The lowest BCUT2D eigenvalue weighted by molar-refractivity contribution is -0.137. The Morgan fingerprint density at radius 1 is 0.875 bits per heavy atom. The third kappa shape index (κ3) is 6.40. The van der Waals surface area contributed by atoms with Crippen LogP contribution in [0.5, 0.6) is 0 Å². The fourth-order valence-corrected chi connectivity index (χ4v) is 6.05. The number of aliphatic hydroxyl groups is 1. The highest BCUT2D eigenvalue weighted by Crippen LogP contribution is 2.44. The van der Waals surface area contributed by atoms with Crippen molar-refractivity contribution in [2.45, 2.75) is 56.1 Å². The summed E-state index contributed by atoms with van der Waals surface area (Å²) in [4.78, 5) is 17.4. The fraction of sp³-hybridized carbons (Fsp3) is 0.406. The minimum absolute atomic E-state index is 0.120. The maximum atomic E-state index is 13.3. The molecule has 1 fully saturated rings. The Hall–Kier alpha value is -3.20. The van der Waals surface area contributed by atoms with Gasteiger partial charge < -0.3 is 10.4 Å². The molecule has 3 aromatic carbocycles. The van der Waals surface area contributed by atoms with Crippen molar-refractivity contribution in [2.75, 3.05) is 27.2 Å². The van der Waals surface area contributed by atoms with Crippen LogP contribution in [0, 0.1) is 0 Å². The highest BCUT2D eigenvalue weighted by atomic mass is 19.4. The number of carbonyl (C=O) groups excluding carboxylic acids is 1. The molecule has 0 saturated carbocycles. The maximum absolute atomic E-state index is 13.3. The van der Waals surface area contributed by atoms with Gasteiger partial charge in [-0.05, 0) is 76.3 Å². The van der Waals surface area contributed by atoms with Gasteiger partial charge in [-0.1, -0.05) is 73.2 Å². The molecule has 5 nitrogen and oxygen atoms in total. The third-order valence-corrected chi connectivity index (χ3v) is 7.84. The van der Waals surface area contributed by atoms with E-state index in [1.54, 1.807) is 25.9 Å². The van der Waals surface area contributed by atoms with E-state index in [2.05, 4.69) is 34.5 Å². The number of nitrogens with zero attached hydrogens (tertiary/aromatic N) is 2. The van der Waals surface area contributed by atoms with E-state index in [4.69, 9.17) is 0 Å². The van der Waals surface area contributed by atoms with E-state index in [1.165, 1.54) is 12.1 Å². The summed E-state index contributed by atoms with van der Waals surface area (Å²) in [6.45, 7) is 3.39. The number of carbonyl (C=O) groups is 1. The zero-order valence-electron chi connectivity index (χ0n) is 23.3. The van der Waals surface area contributed by atoms with Crippen molar-refractivity contribution in [1.29, 1.82) is 0 Å². The minimum Gasteiger partial charge on any atom is -0.387 e. The van der Waals surface area contributed by atoms with Crippen molar-refractivity contribution in [3.05, 3.63) is 107 Å². The third-order valence-electron chi connectivity index (χ3n) is 7.84. The molecule has 1 aliphatic heterocycles. The molecule has 0 radical (unpaired) electrons. The smallest absolute Gasteiger partial charge is 0.387 e. The van der Waals surface area contributed by atoms with Crippen LogP contribution in [-0.2, 0) is 11.7 Å². The second-order valence-corrected chi connectivity index (χ2v) is 11.1. The normalized spacial score (nSPS) is 17.3. The van der Waals surface area contributed by atoms with Gasteiger partial charge in [0.15, 0.2) is 0 Å². The quantitative estimate of drug-likeness (QED) is 0.325. The van der Waals surface area contributed by atoms with Crippen LogP contribution in [0.4, 0.5) is 13.2 Å². The van der Waals surface area contributed by atoms with Crippen molar-refractivity contribution < 1.29 is 23.1 Å². The van der Waals surface area contributed by atoms with Crippen molar-refractivity contribution in [1.82, 2.24) is 15.1 Å². The van der Waals surface area contributed by atoms with Crippen molar-refractivity contribution in [3.8, 4) is 0 Å². The summed E-state index contributed by atoms with van der Waals surface area (Å²) < 4.78 is 39.9. The number of hydrogen-bond donors (Lipinski definition) is 2. The van der Waals surface area contributed by atoms with Gasteiger partial charge >= 0.3 is 6.18 Å². The summed E-state index contributed by atoms with van der Waals surface area (Å²) >= 11 is 0. The molecular formula is C32H38F3N3O2. The lowest BCUT2D eigenvalue weighted by atomic mass is 9.72. The lowest BCUT2D eigenvalue weighted by Crippen LogP contribution is -2.62. The van der Waals surface area contributed by atoms with Gasteiger partial charge in [0, 0.05) is 12.0 Å². The summed E-state index contributed by atoms with van der Waals surface area (Å²) in [6, 6.07) is 24.5. The van der Waals surface area contributed by atoms with E-state index in [0.29, 0.717) is 0 Å². The van der Waals surface area contributed by atoms with E-state index < -0.39 is 35.0 Å². The highest BCUT2D eigenvalue weighted by Gasteiger charge is 2.49. The van der Waals surface area contributed by atoms with Crippen LogP contribution >= 0.6 is 0 Å². The molecule has 1 saturated heterocycles. The van der Waals surface area contributed by atoms with Gasteiger partial charge in [-0.2, -0.15) is 13.2 Å². The number of halogens is 3. The molecule has 214 valence electrons. The van der Waals surface area contributed by atoms with E-state index in [-0.39, 0.29) is 12.0 Å². The molecule has 2 N–H and O–H groups in total. The Labute approximate surface area is 234 Å². The van der Waals surface area contributed by atoms with Gasteiger partial charge in [-0.3, -0.25) is 14.6 Å². The number of alkyl halides is 3. The van der Waals surface area contributed by atoms with Gasteiger partial charge in [0.25, 0.3) is 5.91 Å². The highest BCUT2D eigenvalue weighted by molar-refractivity contribution is 5.94. The molecule has 1 aliphatic rings.